The first kappa shape index (κ1) is 14.3. The molecule has 0 radical (unpaired) electrons. The Morgan fingerprint density at radius 2 is 2.05 bits per heavy atom. The summed E-state index contributed by atoms with van der Waals surface area (Å²) in [6, 6.07) is 1.93. The number of nitriles is 1. The highest BCUT2D eigenvalue weighted by atomic mass is 16.5. The summed E-state index contributed by atoms with van der Waals surface area (Å²) >= 11 is 0. The molecule has 7 heteroatoms. The van der Waals surface area contributed by atoms with Gasteiger partial charge in [0.05, 0.1) is 12.7 Å². The summed E-state index contributed by atoms with van der Waals surface area (Å²) in [6.45, 7) is 3.67. The van der Waals surface area contributed by atoms with E-state index in [4.69, 9.17) is 4.74 Å². The number of hydrogen-bond donors (Lipinski definition) is 0. The molecule has 1 aliphatic rings. The van der Waals surface area contributed by atoms with Gasteiger partial charge in [0.1, 0.15) is 11.9 Å². The van der Waals surface area contributed by atoms with Crippen molar-refractivity contribution in [3.8, 4) is 6.07 Å². The van der Waals surface area contributed by atoms with E-state index >= 15 is 0 Å². The highest BCUT2D eigenvalue weighted by Crippen LogP contribution is 2.19. The van der Waals surface area contributed by atoms with Gasteiger partial charge in [-0.05, 0) is 6.42 Å². The SMILES string of the molecule is CCC1CN(c2c(C#N)c(=O)n(C)c(=O)n2C)CCO1. The lowest BCUT2D eigenvalue weighted by Gasteiger charge is -2.35. The molecule has 0 bridgehead atoms. The van der Waals surface area contributed by atoms with E-state index in [1.807, 2.05) is 17.9 Å². The van der Waals surface area contributed by atoms with E-state index in [2.05, 4.69) is 0 Å². The maximum atomic E-state index is 12.1. The number of rotatable bonds is 2. The molecule has 0 spiro atoms. The fourth-order valence-corrected chi connectivity index (χ4v) is 2.46. The second-order valence-corrected chi connectivity index (χ2v) is 4.86. The maximum absolute atomic E-state index is 12.1. The van der Waals surface area contributed by atoms with Gasteiger partial charge in [-0.3, -0.25) is 13.9 Å². The molecule has 0 saturated carbocycles. The van der Waals surface area contributed by atoms with Crippen molar-refractivity contribution >= 4 is 5.82 Å². The van der Waals surface area contributed by atoms with E-state index < -0.39 is 11.2 Å². The lowest BCUT2D eigenvalue weighted by atomic mass is 10.2. The van der Waals surface area contributed by atoms with Crippen LogP contribution in [0.1, 0.15) is 18.9 Å². The molecule has 1 atom stereocenters. The number of aromatic nitrogens is 2. The van der Waals surface area contributed by atoms with E-state index in [1.165, 1.54) is 11.6 Å². The van der Waals surface area contributed by atoms with Gasteiger partial charge in [0, 0.05) is 27.2 Å². The smallest absolute Gasteiger partial charge is 0.332 e. The van der Waals surface area contributed by atoms with Crippen molar-refractivity contribution < 1.29 is 4.74 Å². The maximum Gasteiger partial charge on any atom is 0.332 e. The molecular weight excluding hydrogens is 260 g/mol. The molecule has 1 saturated heterocycles. The molecule has 20 heavy (non-hydrogen) atoms. The quantitative estimate of drug-likeness (QED) is 0.733. The molecule has 1 aliphatic heterocycles. The Morgan fingerprint density at radius 3 is 2.65 bits per heavy atom. The number of hydrogen-bond acceptors (Lipinski definition) is 5. The Balaban J connectivity index is 2.60. The summed E-state index contributed by atoms with van der Waals surface area (Å²) < 4.78 is 7.90. The summed E-state index contributed by atoms with van der Waals surface area (Å²) in [5.74, 6) is 0.391. The zero-order valence-electron chi connectivity index (χ0n) is 11.9. The number of morpholine rings is 1. The van der Waals surface area contributed by atoms with Crippen LogP contribution in [0.2, 0.25) is 0 Å². The average molecular weight is 278 g/mol. The van der Waals surface area contributed by atoms with E-state index in [9.17, 15) is 14.9 Å². The molecule has 2 rings (SSSR count). The van der Waals surface area contributed by atoms with Gasteiger partial charge in [0.25, 0.3) is 5.56 Å². The zero-order chi connectivity index (χ0) is 14.9. The Kier molecular flexibility index (Phi) is 3.95. The highest BCUT2D eigenvalue weighted by molar-refractivity contribution is 5.53. The van der Waals surface area contributed by atoms with Gasteiger partial charge in [-0.2, -0.15) is 5.26 Å². The van der Waals surface area contributed by atoms with Gasteiger partial charge in [-0.15, -0.1) is 0 Å². The minimum Gasteiger partial charge on any atom is -0.375 e. The molecule has 108 valence electrons. The monoisotopic (exact) mass is 278 g/mol. The number of ether oxygens (including phenoxy) is 1. The molecule has 1 aromatic heterocycles. The Labute approximate surface area is 116 Å². The lowest BCUT2D eigenvalue weighted by molar-refractivity contribution is 0.0379. The van der Waals surface area contributed by atoms with Crippen LogP contribution in [-0.4, -0.2) is 34.9 Å². The fourth-order valence-electron chi connectivity index (χ4n) is 2.46. The second-order valence-electron chi connectivity index (χ2n) is 4.86. The largest absolute Gasteiger partial charge is 0.375 e. The molecular formula is C13H18N4O3. The van der Waals surface area contributed by atoms with Crippen molar-refractivity contribution in [2.75, 3.05) is 24.6 Å². The minimum absolute atomic E-state index is 0.00588. The summed E-state index contributed by atoms with van der Waals surface area (Å²) in [5.41, 5.74) is -0.972. The van der Waals surface area contributed by atoms with Crippen LogP contribution in [-0.2, 0) is 18.8 Å². The standard InChI is InChI=1S/C13H18N4O3/c1-4-9-8-17(5-6-20-9)11-10(7-14)12(18)16(3)13(19)15(11)2/h9H,4-6,8H2,1-3H3. The van der Waals surface area contributed by atoms with Crippen LogP contribution < -0.4 is 16.1 Å². The van der Waals surface area contributed by atoms with E-state index in [-0.39, 0.29) is 11.7 Å². The fraction of sp³-hybridized carbons (Fsp3) is 0.615. The molecule has 0 N–H and O–H groups in total. The van der Waals surface area contributed by atoms with Crippen molar-refractivity contribution in [1.82, 2.24) is 9.13 Å². The van der Waals surface area contributed by atoms with Crippen LogP contribution in [0.5, 0.6) is 0 Å². The molecule has 0 aromatic carbocycles. The van der Waals surface area contributed by atoms with Crippen LogP contribution in [0.4, 0.5) is 5.82 Å². The van der Waals surface area contributed by atoms with Crippen molar-refractivity contribution in [1.29, 1.82) is 5.26 Å². The molecule has 1 unspecified atom stereocenters. The third kappa shape index (κ3) is 2.23. The lowest BCUT2D eigenvalue weighted by Crippen LogP contribution is -2.48. The van der Waals surface area contributed by atoms with Crippen LogP contribution >= 0.6 is 0 Å². The summed E-state index contributed by atoms with van der Waals surface area (Å²) in [5, 5.41) is 9.26. The first-order valence-electron chi connectivity index (χ1n) is 6.57. The van der Waals surface area contributed by atoms with E-state index in [1.54, 1.807) is 7.05 Å². The summed E-state index contributed by atoms with van der Waals surface area (Å²) in [6.07, 6.45) is 0.895. The zero-order valence-corrected chi connectivity index (χ0v) is 11.9. The van der Waals surface area contributed by atoms with Crippen molar-refractivity contribution in [2.24, 2.45) is 14.1 Å². The normalized spacial score (nSPS) is 18.9. The third-order valence-electron chi connectivity index (χ3n) is 3.64. The van der Waals surface area contributed by atoms with Crippen LogP contribution in [0.25, 0.3) is 0 Å². The van der Waals surface area contributed by atoms with Crippen molar-refractivity contribution in [2.45, 2.75) is 19.4 Å². The molecule has 1 aromatic rings. The first-order valence-corrected chi connectivity index (χ1v) is 6.57. The predicted octanol–water partition coefficient (Wildman–Crippen LogP) is -0.429. The van der Waals surface area contributed by atoms with Crippen LogP contribution in [0, 0.1) is 11.3 Å². The molecule has 0 amide bonds. The number of nitrogens with zero attached hydrogens (tertiary/aromatic N) is 4. The summed E-state index contributed by atoms with van der Waals surface area (Å²) in [7, 11) is 2.96. The minimum atomic E-state index is -0.551. The van der Waals surface area contributed by atoms with E-state index in [0.717, 1.165) is 11.0 Å². The molecule has 2 heterocycles. The van der Waals surface area contributed by atoms with Gasteiger partial charge >= 0.3 is 5.69 Å². The van der Waals surface area contributed by atoms with Gasteiger partial charge in [-0.1, -0.05) is 6.92 Å². The van der Waals surface area contributed by atoms with Gasteiger partial charge in [0.2, 0.25) is 0 Å². The molecule has 7 nitrogen and oxygen atoms in total. The third-order valence-corrected chi connectivity index (χ3v) is 3.64. The summed E-state index contributed by atoms with van der Waals surface area (Å²) in [4.78, 5) is 26.0. The topological polar surface area (TPSA) is 80.3 Å². The van der Waals surface area contributed by atoms with Crippen molar-refractivity contribution in [3.05, 3.63) is 26.4 Å². The van der Waals surface area contributed by atoms with Crippen LogP contribution in [0.15, 0.2) is 9.59 Å². The van der Waals surface area contributed by atoms with Gasteiger partial charge in [-0.25, -0.2) is 4.79 Å². The van der Waals surface area contributed by atoms with Gasteiger partial charge < -0.3 is 9.64 Å². The highest BCUT2D eigenvalue weighted by Gasteiger charge is 2.25. The van der Waals surface area contributed by atoms with Gasteiger partial charge in [0.15, 0.2) is 5.56 Å². The number of anilines is 1. The molecule has 0 aliphatic carbocycles. The molecule has 1 fully saturated rings. The van der Waals surface area contributed by atoms with Crippen LogP contribution in [0.3, 0.4) is 0 Å². The van der Waals surface area contributed by atoms with E-state index in [0.29, 0.717) is 25.5 Å². The van der Waals surface area contributed by atoms with Crippen molar-refractivity contribution in [3.63, 3.8) is 0 Å². The Bertz CT molecular complexity index is 668. The Morgan fingerprint density at radius 1 is 1.35 bits per heavy atom. The predicted molar refractivity (Wildman–Crippen MR) is 73.9 cm³/mol. The Hall–Kier alpha value is -2.07. The second kappa shape index (κ2) is 5.51. The first-order chi connectivity index (χ1) is 9.51. The average Bonchev–Trinajstić information content (AvgIpc) is 2.48.